The number of ether oxygens (including phenoxy) is 1. The highest BCUT2D eigenvalue weighted by Crippen LogP contribution is 2.26. The van der Waals surface area contributed by atoms with Gasteiger partial charge in [-0.3, -0.25) is 0 Å². The van der Waals surface area contributed by atoms with Gasteiger partial charge in [0, 0.05) is 11.0 Å². The summed E-state index contributed by atoms with van der Waals surface area (Å²) in [7, 11) is 0. The van der Waals surface area contributed by atoms with Gasteiger partial charge in [-0.1, -0.05) is 42.4 Å². The lowest BCUT2D eigenvalue weighted by Crippen LogP contribution is -2.18. The summed E-state index contributed by atoms with van der Waals surface area (Å²) in [6.07, 6.45) is 0. The number of nitrogens with one attached hydrogen (secondary N) is 1. The van der Waals surface area contributed by atoms with E-state index in [0.29, 0.717) is 12.5 Å². The van der Waals surface area contributed by atoms with Gasteiger partial charge in [0.2, 0.25) is 0 Å². The zero-order valence-electron chi connectivity index (χ0n) is 10.8. The second-order valence-electron chi connectivity index (χ2n) is 4.60. The molecule has 0 aromatic heterocycles. The fourth-order valence-corrected chi connectivity index (χ4v) is 2.09. The first-order valence-corrected chi connectivity index (χ1v) is 7.53. The summed E-state index contributed by atoms with van der Waals surface area (Å²) in [5.41, 5.74) is 1.24. The van der Waals surface area contributed by atoms with Gasteiger partial charge in [-0.2, -0.15) is 0 Å². The molecule has 1 N–H and O–H groups in total. The first-order valence-electron chi connectivity index (χ1n) is 5.94. The monoisotopic (exact) mass is 375 g/mol. The van der Waals surface area contributed by atoms with Gasteiger partial charge in [0.25, 0.3) is 0 Å². The van der Waals surface area contributed by atoms with Gasteiger partial charge >= 0.3 is 0 Å². The first-order chi connectivity index (χ1) is 8.49. The highest BCUT2D eigenvalue weighted by Gasteiger charge is 2.03. The summed E-state index contributed by atoms with van der Waals surface area (Å²) < 4.78 is 7.39. The van der Waals surface area contributed by atoms with E-state index in [2.05, 4.69) is 69.7 Å². The van der Waals surface area contributed by atoms with Gasteiger partial charge < -0.3 is 10.1 Å². The Morgan fingerprint density at radius 2 is 2.17 bits per heavy atom. The summed E-state index contributed by atoms with van der Waals surface area (Å²) in [6.45, 7) is 10.5. The molecule has 0 saturated heterocycles. The molecule has 0 radical (unpaired) electrons. The van der Waals surface area contributed by atoms with Gasteiger partial charge in [-0.25, -0.2) is 0 Å². The Balaban J connectivity index is 2.53. The number of rotatable bonds is 7. The summed E-state index contributed by atoms with van der Waals surface area (Å²) in [6, 6.07) is 6.14. The SMILES string of the molecule is C=C(Br)COc1ccc(CNCC(C)C)cc1Br. The molecular weight excluding hydrogens is 358 g/mol. The van der Waals surface area contributed by atoms with E-state index >= 15 is 0 Å². The van der Waals surface area contributed by atoms with E-state index in [-0.39, 0.29) is 0 Å². The molecule has 0 aliphatic heterocycles. The average Bonchev–Trinajstić information content (AvgIpc) is 2.27. The van der Waals surface area contributed by atoms with E-state index in [1.54, 1.807) is 0 Å². The van der Waals surface area contributed by atoms with Crippen LogP contribution < -0.4 is 10.1 Å². The molecule has 4 heteroatoms. The molecule has 0 atom stereocenters. The van der Waals surface area contributed by atoms with Crippen LogP contribution in [0.15, 0.2) is 33.7 Å². The maximum absolute atomic E-state index is 5.58. The van der Waals surface area contributed by atoms with Crippen molar-refractivity contribution in [2.24, 2.45) is 5.92 Å². The van der Waals surface area contributed by atoms with Gasteiger partial charge in [-0.05, 0) is 46.1 Å². The maximum atomic E-state index is 5.58. The molecule has 0 aliphatic rings. The molecular formula is C14H19Br2NO. The van der Waals surface area contributed by atoms with Crippen LogP contribution in [0.3, 0.4) is 0 Å². The van der Waals surface area contributed by atoms with Gasteiger partial charge in [0.15, 0.2) is 0 Å². The summed E-state index contributed by atoms with van der Waals surface area (Å²) in [5.74, 6) is 1.50. The van der Waals surface area contributed by atoms with Crippen molar-refractivity contribution in [1.29, 1.82) is 0 Å². The third kappa shape index (κ3) is 6.03. The van der Waals surface area contributed by atoms with E-state index in [0.717, 1.165) is 27.8 Å². The van der Waals surface area contributed by atoms with Gasteiger partial charge in [0.1, 0.15) is 12.4 Å². The molecule has 1 rings (SSSR count). The quantitative estimate of drug-likeness (QED) is 0.757. The van der Waals surface area contributed by atoms with E-state index in [4.69, 9.17) is 4.74 Å². The third-order valence-electron chi connectivity index (χ3n) is 2.26. The predicted molar refractivity (Wildman–Crippen MR) is 84.2 cm³/mol. The molecule has 0 spiro atoms. The molecule has 0 heterocycles. The highest BCUT2D eigenvalue weighted by atomic mass is 79.9. The Morgan fingerprint density at radius 3 is 2.72 bits per heavy atom. The van der Waals surface area contributed by atoms with Crippen LogP contribution in [0.4, 0.5) is 0 Å². The van der Waals surface area contributed by atoms with Crippen molar-refractivity contribution in [1.82, 2.24) is 5.32 Å². The Kier molecular flexibility index (Phi) is 6.97. The van der Waals surface area contributed by atoms with Crippen molar-refractivity contribution < 1.29 is 4.74 Å². The van der Waals surface area contributed by atoms with Crippen LogP contribution in [0.2, 0.25) is 0 Å². The third-order valence-corrected chi connectivity index (χ3v) is 3.11. The zero-order chi connectivity index (χ0) is 13.5. The molecule has 18 heavy (non-hydrogen) atoms. The Bertz CT molecular complexity index is 405. The minimum atomic E-state index is 0.476. The molecule has 1 aromatic rings. The van der Waals surface area contributed by atoms with E-state index < -0.39 is 0 Å². The van der Waals surface area contributed by atoms with Crippen molar-refractivity contribution in [2.75, 3.05) is 13.2 Å². The number of hydrogen-bond donors (Lipinski definition) is 1. The molecule has 2 nitrogen and oxygen atoms in total. The van der Waals surface area contributed by atoms with Crippen LogP contribution in [-0.4, -0.2) is 13.2 Å². The van der Waals surface area contributed by atoms with Crippen molar-refractivity contribution in [3.63, 3.8) is 0 Å². The molecule has 0 unspecified atom stereocenters. The van der Waals surface area contributed by atoms with Crippen LogP contribution >= 0.6 is 31.9 Å². The number of halogens is 2. The lowest BCUT2D eigenvalue weighted by Gasteiger charge is -2.11. The second-order valence-corrected chi connectivity index (χ2v) is 6.57. The molecule has 0 aliphatic carbocycles. The Labute approximate surface area is 126 Å². The number of hydrogen-bond acceptors (Lipinski definition) is 2. The smallest absolute Gasteiger partial charge is 0.134 e. The fourth-order valence-electron chi connectivity index (χ4n) is 1.43. The standard InChI is InChI=1S/C14H19Br2NO/c1-10(2)7-17-8-12-4-5-14(13(16)6-12)18-9-11(3)15/h4-6,10,17H,3,7-9H2,1-2H3. The van der Waals surface area contributed by atoms with Crippen LogP contribution in [0.5, 0.6) is 5.75 Å². The fraction of sp³-hybridized carbons (Fsp3) is 0.429. The predicted octanol–water partition coefficient (Wildman–Crippen LogP) is 4.48. The second kappa shape index (κ2) is 7.97. The van der Waals surface area contributed by atoms with Crippen LogP contribution in [-0.2, 0) is 6.54 Å². The van der Waals surface area contributed by atoms with E-state index in [1.165, 1.54) is 5.56 Å². The summed E-state index contributed by atoms with van der Waals surface area (Å²) >= 11 is 6.79. The summed E-state index contributed by atoms with van der Waals surface area (Å²) in [4.78, 5) is 0. The van der Waals surface area contributed by atoms with Gasteiger partial charge in [-0.15, -0.1) is 0 Å². The van der Waals surface area contributed by atoms with Crippen LogP contribution in [0, 0.1) is 5.92 Å². The lowest BCUT2D eigenvalue weighted by atomic mass is 10.2. The van der Waals surface area contributed by atoms with Crippen LogP contribution in [0.25, 0.3) is 0 Å². The Morgan fingerprint density at radius 1 is 1.44 bits per heavy atom. The van der Waals surface area contributed by atoms with Crippen LogP contribution in [0.1, 0.15) is 19.4 Å². The van der Waals surface area contributed by atoms with E-state index in [9.17, 15) is 0 Å². The molecule has 100 valence electrons. The molecule has 0 bridgehead atoms. The zero-order valence-corrected chi connectivity index (χ0v) is 14.0. The topological polar surface area (TPSA) is 21.3 Å². The Hall–Kier alpha value is -0.320. The number of benzene rings is 1. The van der Waals surface area contributed by atoms with E-state index in [1.807, 2.05) is 6.07 Å². The molecule has 1 aromatic carbocycles. The highest BCUT2D eigenvalue weighted by molar-refractivity contribution is 9.11. The minimum Gasteiger partial charge on any atom is -0.487 e. The molecule has 0 amide bonds. The summed E-state index contributed by atoms with van der Waals surface area (Å²) in [5, 5.41) is 3.41. The van der Waals surface area contributed by atoms with Crippen molar-refractivity contribution in [2.45, 2.75) is 20.4 Å². The average molecular weight is 377 g/mol. The lowest BCUT2D eigenvalue weighted by molar-refractivity contribution is 0.358. The molecule has 0 fully saturated rings. The first kappa shape index (κ1) is 15.7. The van der Waals surface area contributed by atoms with Gasteiger partial charge in [0.05, 0.1) is 4.47 Å². The van der Waals surface area contributed by atoms with Crippen molar-refractivity contribution >= 4 is 31.9 Å². The van der Waals surface area contributed by atoms with Crippen molar-refractivity contribution in [3.05, 3.63) is 39.3 Å². The normalized spacial score (nSPS) is 10.7. The minimum absolute atomic E-state index is 0.476. The van der Waals surface area contributed by atoms with Crippen molar-refractivity contribution in [3.8, 4) is 5.75 Å². The maximum Gasteiger partial charge on any atom is 0.134 e. The molecule has 0 saturated carbocycles. The largest absolute Gasteiger partial charge is 0.487 e.